The molecule has 1 aliphatic rings. The molecule has 1 heterocycles. The number of hydrogen-bond donors (Lipinski definition) is 1. The van der Waals surface area contributed by atoms with Crippen LogP contribution in [0.15, 0.2) is 48.5 Å². The Balaban J connectivity index is 1.53. The van der Waals surface area contributed by atoms with Crippen molar-refractivity contribution in [3.05, 3.63) is 54.1 Å². The molecule has 0 bridgehead atoms. The van der Waals surface area contributed by atoms with Crippen molar-refractivity contribution < 1.29 is 4.79 Å². The van der Waals surface area contributed by atoms with Crippen molar-refractivity contribution in [2.24, 2.45) is 0 Å². The largest absolute Gasteiger partial charge is 0.378 e. The van der Waals surface area contributed by atoms with Crippen LogP contribution in [0.3, 0.4) is 0 Å². The van der Waals surface area contributed by atoms with Crippen LogP contribution in [0.2, 0.25) is 0 Å². The summed E-state index contributed by atoms with van der Waals surface area (Å²) < 4.78 is 1.86. The minimum atomic E-state index is -0.144. The van der Waals surface area contributed by atoms with E-state index in [-0.39, 0.29) is 5.91 Å². The molecule has 4 rings (SSSR count). The molecule has 0 aliphatic heterocycles. The Hall–Kier alpha value is -3.22. The molecule has 0 atom stereocenters. The highest BCUT2D eigenvalue weighted by Crippen LogP contribution is 2.36. The van der Waals surface area contributed by atoms with E-state index in [1.165, 1.54) is 0 Å². The number of benzene rings is 2. The van der Waals surface area contributed by atoms with Gasteiger partial charge in [-0.25, -0.2) is 4.68 Å². The normalized spacial score (nSPS) is 13.5. The maximum Gasteiger partial charge on any atom is 0.255 e. The first kappa shape index (κ1) is 16.3. The van der Waals surface area contributed by atoms with Crippen molar-refractivity contribution >= 4 is 17.3 Å². The first-order chi connectivity index (χ1) is 12.6. The molecule has 0 unspecified atom stereocenters. The zero-order valence-electron chi connectivity index (χ0n) is 14.8. The van der Waals surface area contributed by atoms with Crippen LogP contribution in [0, 0.1) is 0 Å². The van der Waals surface area contributed by atoms with Crippen LogP contribution in [0.25, 0.3) is 11.4 Å². The van der Waals surface area contributed by atoms with Crippen LogP contribution in [-0.4, -0.2) is 40.2 Å². The number of hydrogen-bond acceptors (Lipinski definition) is 5. The molecule has 1 saturated carbocycles. The number of carbonyl (C=O) groups excluding carboxylic acids is 1. The summed E-state index contributed by atoms with van der Waals surface area (Å²) in [7, 11) is 3.94. The van der Waals surface area contributed by atoms with Crippen molar-refractivity contribution in [2.45, 2.75) is 18.9 Å². The fourth-order valence-electron chi connectivity index (χ4n) is 2.80. The van der Waals surface area contributed by atoms with Gasteiger partial charge >= 0.3 is 0 Å². The van der Waals surface area contributed by atoms with Crippen LogP contribution in [0.5, 0.6) is 0 Å². The number of nitrogens with one attached hydrogen (secondary N) is 1. The molecule has 132 valence electrons. The second kappa shape index (κ2) is 6.59. The van der Waals surface area contributed by atoms with Gasteiger partial charge in [-0.05, 0) is 59.7 Å². The Bertz CT molecular complexity index is 927. The van der Waals surface area contributed by atoms with E-state index in [2.05, 4.69) is 20.8 Å². The van der Waals surface area contributed by atoms with Crippen molar-refractivity contribution in [1.29, 1.82) is 0 Å². The third kappa shape index (κ3) is 3.28. The third-order valence-electron chi connectivity index (χ3n) is 4.41. The maximum atomic E-state index is 12.5. The molecule has 0 spiro atoms. The third-order valence-corrected chi connectivity index (χ3v) is 4.41. The van der Waals surface area contributed by atoms with Crippen molar-refractivity contribution in [1.82, 2.24) is 20.2 Å². The predicted octanol–water partition coefficient (Wildman–Crippen LogP) is 2.99. The minimum absolute atomic E-state index is 0.144. The predicted molar refractivity (Wildman–Crippen MR) is 100 cm³/mol. The van der Waals surface area contributed by atoms with Gasteiger partial charge in [0.15, 0.2) is 5.82 Å². The lowest BCUT2D eigenvalue weighted by molar-refractivity contribution is 0.102. The highest BCUT2D eigenvalue weighted by molar-refractivity contribution is 6.04. The van der Waals surface area contributed by atoms with Crippen molar-refractivity contribution in [3.8, 4) is 11.4 Å². The minimum Gasteiger partial charge on any atom is -0.378 e. The first-order valence-electron chi connectivity index (χ1n) is 8.59. The standard InChI is InChI=1S/C19H20N6O/c1-24(2)16-8-6-13(7-9-16)19(26)20-15-5-3-4-14(12-15)18-21-22-23-25(18)17-10-11-17/h3-9,12,17H,10-11H2,1-2H3,(H,20,26). The summed E-state index contributed by atoms with van der Waals surface area (Å²) in [5.41, 5.74) is 3.27. The quantitative estimate of drug-likeness (QED) is 0.767. The van der Waals surface area contributed by atoms with Crippen LogP contribution < -0.4 is 10.2 Å². The van der Waals surface area contributed by atoms with E-state index in [9.17, 15) is 4.79 Å². The lowest BCUT2D eigenvalue weighted by Gasteiger charge is -2.13. The number of carbonyl (C=O) groups is 1. The molecule has 1 aromatic heterocycles. The molecule has 7 heteroatoms. The number of amides is 1. The van der Waals surface area contributed by atoms with Crippen molar-refractivity contribution in [2.75, 3.05) is 24.3 Å². The smallest absolute Gasteiger partial charge is 0.255 e. The Kier molecular flexibility index (Phi) is 4.12. The summed E-state index contributed by atoms with van der Waals surface area (Å²) in [6.45, 7) is 0. The van der Waals surface area contributed by atoms with E-state index in [1.807, 2.05) is 72.2 Å². The lowest BCUT2D eigenvalue weighted by atomic mass is 10.1. The molecule has 0 radical (unpaired) electrons. The lowest BCUT2D eigenvalue weighted by Crippen LogP contribution is -2.13. The Morgan fingerprint density at radius 3 is 2.62 bits per heavy atom. The number of rotatable bonds is 5. The fourth-order valence-corrected chi connectivity index (χ4v) is 2.80. The van der Waals surface area contributed by atoms with Gasteiger partial charge in [0.25, 0.3) is 5.91 Å². The molecule has 1 aliphatic carbocycles. The van der Waals surface area contributed by atoms with E-state index >= 15 is 0 Å². The van der Waals surface area contributed by atoms with Crippen LogP contribution in [0.1, 0.15) is 29.2 Å². The van der Waals surface area contributed by atoms with Crippen molar-refractivity contribution in [3.63, 3.8) is 0 Å². The van der Waals surface area contributed by atoms with E-state index in [0.29, 0.717) is 11.6 Å². The van der Waals surface area contributed by atoms with E-state index in [0.717, 1.165) is 35.6 Å². The maximum absolute atomic E-state index is 12.5. The van der Waals surface area contributed by atoms with Gasteiger partial charge in [-0.2, -0.15) is 0 Å². The summed E-state index contributed by atoms with van der Waals surface area (Å²) in [5.74, 6) is 0.591. The topological polar surface area (TPSA) is 75.9 Å². The summed E-state index contributed by atoms with van der Waals surface area (Å²) >= 11 is 0. The number of anilines is 2. The number of nitrogens with zero attached hydrogens (tertiary/aromatic N) is 5. The zero-order valence-corrected chi connectivity index (χ0v) is 14.8. The van der Waals surface area contributed by atoms with Crippen LogP contribution in [-0.2, 0) is 0 Å². The zero-order chi connectivity index (χ0) is 18.1. The number of aromatic nitrogens is 4. The second-order valence-corrected chi connectivity index (χ2v) is 6.65. The van der Waals surface area contributed by atoms with Gasteiger partial charge in [-0.15, -0.1) is 5.10 Å². The summed E-state index contributed by atoms with van der Waals surface area (Å²) in [4.78, 5) is 14.5. The molecule has 0 saturated heterocycles. The van der Waals surface area contributed by atoms with Gasteiger partial charge in [-0.3, -0.25) is 4.79 Å². The van der Waals surface area contributed by atoms with Crippen LogP contribution in [0.4, 0.5) is 11.4 Å². The van der Waals surface area contributed by atoms with Gasteiger partial charge < -0.3 is 10.2 Å². The van der Waals surface area contributed by atoms with Gasteiger partial charge in [-0.1, -0.05) is 12.1 Å². The second-order valence-electron chi connectivity index (χ2n) is 6.65. The highest BCUT2D eigenvalue weighted by atomic mass is 16.1. The van der Waals surface area contributed by atoms with Gasteiger partial charge in [0.2, 0.25) is 0 Å². The average Bonchev–Trinajstić information content (AvgIpc) is 3.38. The van der Waals surface area contributed by atoms with Gasteiger partial charge in [0, 0.05) is 36.6 Å². The SMILES string of the molecule is CN(C)c1ccc(C(=O)Nc2cccc(-c3nnnn3C3CC3)c2)cc1. The molecule has 3 aromatic rings. The molecular weight excluding hydrogens is 328 g/mol. The molecular formula is C19H20N6O. The fraction of sp³-hybridized carbons (Fsp3) is 0.263. The van der Waals surface area contributed by atoms with Gasteiger partial charge in [0.05, 0.1) is 6.04 Å². The number of tetrazole rings is 1. The molecule has 1 N–H and O–H groups in total. The Labute approximate surface area is 151 Å². The van der Waals surface area contributed by atoms with Crippen LogP contribution >= 0.6 is 0 Å². The molecule has 7 nitrogen and oxygen atoms in total. The molecule has 26 heavy (non-hydrogen) atoms. The molecule has 1 fully saturated rings. The van der Waals surface area contributed by atoms with E-state index in [1.54, 1.807) is 0 Å². The van der Waals surface area contributed by atoms with E-state index in [4.69, 9.17) is 0 Å². The van der Waals surface area contributed by atoms with Gasteiger partial charge in [0.1, 0.15) is 0 Å². The van der Waals surface area contributed by atoms with E-state index < -0.39 is 0 Å². The molecule has 1 amide bonds. The first-order valence-corrected chi connectivity index (χ1v) is 8.59. The summed E-state index contributed by atoms with van der Waals surface area (Å²) in [5, 5.41) is 15.0. The Morgan fingerprint density at radius 2 is 1.92 bits per heavy atom. The average molecular weight is 348 g/mol. The Morgan fingerprint density at radius 1 is 1.15 bits per heavy atom. The summed E-state index contributed by atoms with van der Waals surface area (Å²) in [6.07, 6.45) is 2.22. The molecule has 2 aromatic carbocycles. The monoisotopic (exact) mass is 348 g/mol. The summed E-state index contributed by atoms with van der Waals surface area (Å²) in [6, 6.07) is 15.5. The highest BCUT2D eigenvalue weighted by Gasteiger charge is 2.28.